The zero-order valence-electron chi connectivity index (χ0n) is 10.5. The van der Waals surface area contributed by atoms with E-state index in [0.717, 1.165) is 0 Å². The van der Waals surface area contributed by atoms with Crippen molar-refractivity contribution in [2.24, 2.45) is 0 Å². The average Bonchev–Trinajstić information content (AvgIpc) is 2.84. The van der Waals surface area contributed by atoms with Crippen LogP contribution in [0.2, 0.25) is 0 Å². The molecule has 0 aliphatic rings. The van der Waals surface area contributed by atoms with Crippen LogP contribution in [0.15, 0.2) is 36.7 Å². The number of phenols is 1. The van der Waals surface area contributed by atoms with Crippen molar-refractivity contribution in [1.29, 1.82) is 0 Å². The van der Waals surface area contributed by atoms with E-state index in [1.54, 1.807) is 36.3 Å². The van der Waals surface area contributed by atoms with Gasteiger partial charge in [0.1, 0.15) is 5.75 Å². The molecule has 0 aliphatic carbocycles. The van der Waals surface area contributed by atoms with E-state index in [1.807, 2.05) is 0 Å². The van der Waals surface area contributed by atoms with Crippen molar-refractivity contribution < 1.29 is 14.6 Å². The maximum Gasteiger partial charge on any atom is 0.255 e. The Morgan fingerprint density at radius 2 is 2.37 bits per heavy atom. The third-order valence-electron chi connectivity index (χ3n) is 2.52. The summed E-state index contributed by atoms with van der Waals surface area (Å²) in [5.74, 6) is -0.231. The minimum atomic E-state index is -0.290. The van der Waals surface area contributed by atoms with Crippen LogP contribution in [0.5, 0.6) is 5.75 Å². The van der Waals surface area contributed by atoms with E-state index in [2.05, 4.69) is 10.4 Å². The molecule has 0 spiro atoms. The molecule has 0 aliphatic heterocycles. The summed E-state index contributed by atoms with van der Waals surface area (Å²) < 4.78 is 6.62. The lowest BCUT2D eigenvalue weighted by Gasteiger charge is -2.02. The Morgan fingerprint density at radius 3 is 3.11 bits per heavy atom. The zero-order chi connectivity index (χ0) is 13.7. The molecule has 1 amide bonds. The van der Waals surface area contributed by atoms with Crippen molar-refractivity contribution in [1.82, 2.24) is 9.78 Å². The highest BCUT2D eigenvalue weighted by Crippen LogP contribution is 2.13. The summed E-state index contributed by atoms with van der Waals surface area (Å²) in [6.45, 7) is 1.18. The van der Waals surface area contributed by atoms with E-state index >= 15 is 0 Å². The molecule has 1 heterocycles. The van der Waals surface area contributed by atoms with Gasteiger partial charge < -0.3 is 15.2 Å². The van der Waals surface area contributed by atoms with Gasteiger partial charge in [0.15, 0.2) is 0 Å². The summed E-state index contributed by atoms with van der Waals surface area (Å²) in [5, 5.41) is 16.1. The van der Waals surface area contributed by atoms with E-state index in [9.17, 15) is 9.90 Å². The van der Waals surface area contributed by atoms with E-state index in [0.29, 0.717) is 24.4 Å². The van der Waals surface area contributed by atoms with Gasteiger partial charge in [0.25, 0.3) is 5.91 Å². The van der Waals surface area contributed by atoms with Gasteiger partial charge in [-0.25, -0.2) is 0 Å². The highest BCUT2D eigenvalue weighted by Gasteiger charge is 2.08. The van der Waals surface area contributed by atoms with Crippen LogP contribution >= 0.6 is 0 Å². The fourth-order valence-electron chi connectivity index (χ4n) is 1.59. The van der Waals surface area contributed by atoms with Gasteiger partial charge >= 0.3 is 0 Å². The maximum absolute atomic E-state index is 11.9. The van der Waals surface area contributed by atoms with Crippen LogP contribution in [0.25, 0.3) is 0 Å². The summed E-state index contributed by atoms with van der Waals surface area (Å²) >= 11 is 0. The molecule has 0 bridgehead atoms. The topological polar surface area (TPSA) is 76.4 Å². The van der Waals surface area contributed by atoms with Crippen LogP contribution in [0.3, 0.4) is 0 Å². The number of phenolic OH excluding ortho intramolecular Hbond substituents is 1. The van der Waals surface area contributed by atoms with Crippen LogP contribution < -0.4 is 5.32 Å². The number of amides is 1. The molecule has 0 fully saturated rings. The van der Waals surface area contributed by atoms with Crippen LogP contribution in [0, 0.1) is 0 Å². The van der Waals surface area contributed by atoms with Gasteiger partial charge in [-0.05, 0) is 18.2 Å². The first-order chi connectivity index (χ1) is 9.19. The summed E-state index contributed by atoms with van der Waals surface area (Å²) in [5.41, 5.74) is 0.995. The third kappa shape index (κ3) is 3.56. The Labute approximate surface area is 110 Å². The lowest BCUT2D eigenvalue weighted by atomic mass is 10.2. The molecule has 6 nitrogen and oxygen atoms in total. The second kappa shape index (κ2) is 6.01. The molecule has 0 atom stereocenters. The highest BCUT2D eigenvalue weighted by atomic mass is 16.5. The Bertz CT molecular complexity index is 566. The van der Waals surface area contributed by atoms with Crippen molar-refractivity contribution in [3.63, 3.8) is 0 Å². The third-order valence-corrected chi connectivity index (χ3v) is 2.52. The first kappa shape index (κ1) is 13.1. The van der Waals surface area contributed by atoms with Crippen LogP contribution in [0.1, 0.15) is 10.4 Å². The molecular weight excluding hydrogens is 246 g/mol. The molecule has 0 radical (unpaired) electrons. The molecule has 2 N–H and O–H groups in total. The van der Waals surface area contributed by atoms with Crippen LogP contribution in [-0.2, 0) is 11.3 Å². The predicted octanol–water partition coefficient (Wildman–Crippen LogP) is 1.49. The fraction of sp³-hybridized carbons (Fsp3) is 0.231. The standard InChI is InChI=1S/C13H15N3O3/c1-19-6-5-16-9-11(8-14-16)15-13(18)10-3-2-4-12(17)7-10/h2-4,7-9,17H,5-6H2,1H3,(H,15,18). The molecule has 1 aromatic carbocycles. The molecule has 0 saturated carbocycles. The number of carbonyl (C=O) groups excluding carboxylic acids is 1. The zero-order valence-corrected chi connectivity index (χ0v) is 10.5. The number of methoxy groups -OCH3 is 1. The van der Waals surface area contributed by atoms with E-state index in [4.69, 9.17) is 4.74 Å². The number of rotatable bonds is 5. The number of nitrogens with zero attached hydrogens (tertiary/aromatic N) is 2. The Hall–Kier alpha value is -2.34. The average molecular weight is 261 g/mol. The first-order valence-corrected chi connectivity index (χ1v) is 5.81. The van der Waals surface area contributed by atoms with Crippen LogP contribution in [0.4, 0.5) is 5.69 Å². The lowest BCUT2D eigenvalue weighted by Crippen LogP contribution is -2.11. The predicted molar refractivity (Wildman–Crippen MR) is 70.2 cm³/mol. The molecule has 0 saturated heterocycles. The highest BCUT2D eigenvalue weighted by molar-refractivity contribution is 6.04. The van der Waals surface area contributed by atoms with Crippen LogP contribution in [-0.4, -0.2) is 34.5 Å². The monoisotopic (exact) mass is 261 g/mol. The van der Waals surface area contributed by atoms with E-state index in [1.165, 1.54) is 12.1 Å². The summed E-state index contributed by atoms with van der Waals surface area (Å²) in [7, 11) is 1.62. The lowest BCUT2D eigenvalue weighted by molar-refractivity contribution is 0.102. The van der Waals surface area contributed by atoms with Crippen molar-refractivity contribution in [2.45, 2.75) is 6.54 Å². The molecule has 2 aromatic rings. The summed E-state index contributed by atoms with van der Waals surface area (Å²) in [4.78, 5) is 11.9. The maximum atomic E-state index is 11.9. The molecule has 6 heteroatoms. The summed E-state index contributed by atoms with van der Waals surface area (Å²) in [6, 6.07) is 6.17. The number of aromatic nitrogens is 2. The number of ether oxygens (including phenoxy) is 1. The molecule has 0 unspecified atom stereocenters. The summed E-state index contributed by atoms with van der Waals surface area (Å²) in [6.07, 6.45) is 3.29. The number of hydrogen-bond donors (Lipinski definition) is 2. The van der Waals surface area contributed by atoms with Crippen molar-refractivity contribution in [2.75, 3.05) is 19.0 Å². The number of benzene rings is 1. The van der Waals surface area contributed by atoms with Crippen molar-refractivity contribution in [3.8, 4) is 5.75 Å². The largest absolute Gasteiger partial charge is 0.508 e. The Kier molecular flexibility index (Phi) is 4.15. The van der Waals surface area contributed by atoms with Gasteiger partial charge in [-0.1, -0.05) is 6.07 Å². The van der Waals surface area contributed by atoms with Gasteiger partial charge in [-0.15, -0.1) is 0 Å². The second-order valence-corrected chi connectivity index (χ2v) is 3.99. The molecule has 19 heavy (non-hydrogen) atoms. The number of carbonyl (C=O) groups is 1. The van der Waals surface area contributed by atoms with E-state index in [-0.39, 0.29) is 11.7 Å². The number of nitrogens with one attached hydrogen (secondary N) is 1. The number of hydrogen-bond acceptors (Lipinski definition) is 4. The first-order valence-electron chi connectivity index (χ1n) is 5.81. The smallest absolute Gasteiger partial charge is 0.255 e. The normalized spacial score (nSPS) is 10.4. The molecule has 100 valence electrons. The van der Waals surface area contributed by atoms with Gasteiger partial charge in [0.2, 0.25) is 0 Å². The quantitative estimate of drug-likeness (QED) is 0.855. The fourth-order valence-corrected chi connectivity index (χ4v) is 1.59. The van der Waals surface area contributed by atoms with Crippen molar-refractivity contribution >= 4 is 11.6 Å². The molecule has 2 rings (SSSR count). The minimum Gasteiger partial charge on any atom is -0.508 e. The molecular formula is C13H15N3O3. The number of anilines is 1. The second-order valence-electron chi connectivity index (χ2n) is 3.99. The Morgan fingerprint density at radius 1 is 1.53 bits per heavy atom. The van der Waals surface area contributed by atoms with Gasteiger partial charge in [0.05, 0.1) is 25.0 Å². The SMILES string of the molecule is COCCn1cc(NC(=O)c2cccc(O)c2)cn1. The van der Waals surface area contributed by atoms with Crippen molar-refractivity contribution in [3.05, 3.63) is 42.2 Å². The number of aromatic hydroxyl groups is 1. The van der Waals surface area contributed by atoms with E-state index < -0.39 is 0 Å². The van der Waals surface area contributed by atoms with Gasteiger partial charge in [-0.2, -0.15) is 5.10 Å². The van der Waals surface area contributed by atoms with Gasteiger partial charge in [0, 0.05) is 18.9 Å². The minimum absolute atomic E-state index is 0.0587. The van der Waals surface area contributed by atoms with Gasteiger partial charge in [-0.3, -0.25) is 9.48 Å². The Balaban J connectivity index is 2.00. The molecule has 1 aromatic heterocycles.